The van der Waals surface area contributed by atoms with E-state index in [4.69, 9.17) is 4.74 Å². The molecule has 0 aliphatic heterocycles. The molecule has 8 nitrogen and oxygen atoms in total. The highest BCUT2D eigenvalue weighted by atomic mass is 19.2. The van der Waals surface area contributed by atoms with Crippen molar-refractivity contribution in [3.8, 4) is 5.75 Å². The molecule has 39 heavy (non-hydrogen) atoms. The van der Waals surface area contributed by atoms with Gasteiger partial charge in [0.2, 0.25) is 5.95 Å². The minimum Gasteiger partial charge on any atom is -0.495 e. The van der Waals surface area contributed by atoms with Crippen LogP contribution < -0.4 is 20.9 Å². The van der Waals surface area contributed by atoms with Gasteiger partial charge in [0.05, 0.1) is 36.4 Å². The van der Waals surface area contributed by atoms with Gasteiger partial charge in [-0.3, -0.25) is 5.43 Å². The molecule has 0 aliphatic rings. The molecule has 1 aromatic heterocycles. The smallest absolute Gasteiger partial charge is 0.247 e. The van der Waals surface area contributed by atoms with E-state index in [-0.39, 0.29) is 17.6 Å². The second-order valence-corrected chi connectivity index (χ2v) is 7.54. The van der Waals surface area contributed by atoms with E-state index in [2.05, 4.69) is 36.3 Å². The molecule has 3 aromatic carbocycles. The van der Waals surface area contributed by atoms with Gasteiger partial charge >= 0.3 is 0 Å². The lowest BCUT2D eigenvalue weighted by molar-refractivity contribution is 0.417. The van der Waals surface area contributed by atoms with E-state index in [0.29, 0.717) is 36.0 Å². The van der Waals surface area contributed by atoms with Crippen molar-refractivity contribution in [2.24, 2.45) is 10.2 Å². The number of para-hydroxylation sites is 2. The van der Waals surface area contributed by atoms with E-state index in [1.165, 1.54) is 13.2 Å². The van der Waals surface area contributed by atoms with Crippen LogP contribution in [0, 0.1) is 34.9 Å². The van der Waals surface area contributed by atoms with Gasteiger partial charge in [0.1, 0.15) is 23.2 Å². The third-order valence-corrected chi connectivity index (χ3v) is 4.99. The number of halogens is 6. The summed E-state index contributed by atoms with van der Waals surface area (Å²) in [7, 11) is 1.46. The summed E-state index contributed by atoms with van der Waals surface area (Å²) < 4.78 is 87.7. The molecule has 14 heteroatoms. The molecule has 0 fully saturated rings. The first-order valence-corrected chi connectivity index (χ1v) is 10.9. The van der Waals surface area contributed by atoms with Crippen molar-refractivity contribution in [2.45, 2.75) is 0 Å². The van der Waals surface area contributed by atoms with Gasteiger partial charge in [-0.15, -0.1) is 0 Å². The lowest BCUT2D eigenvalue weighted by Crippen LogP contribution is -2.06. The number of ether oxygens (including phenoxy) is 1. The number of hydrogen-bond donors (Lipinski definition) is 3. The number of nitrogens with one attached hydrogen (secondary N) is 3. The van der Waals surface area contributed by atoms with Crippen molar-refractivity contribution in [1.29, 1.82) is 0 Å². The standard InChI is InChI=1S/C25H17F6N7O/c1-39-20-5-3-2-4-19(20)34-21-10-22(37-32-11-13-15(26)6-8-17(28)23(13)30)36-25(35-21)38-33-12-14-16(27)7-9-18(29)24(14)31/h2-12H,1H3,(H3,34,35,36,37,38). The second kappa shape index (κ2) is 11.9. The molecule has 0 saturated heterocycles. The maximum Gasteiger partial charge on any atom is 0.247 e. The minimum atomic E-state index is -1.44. The number of hydrogen-bond acceptors (Lipinski definition) is 8. The average molecular weight is 545 g/mol. The van der Waals surface area contributed by atoms with Crippen molar-refractivity contribution >= 4 is 35.7 Å². The molecule has 0 bridgehead atoms. The van der Waals surface area contributed by atoms with Crippen LogP contribution in [0.25, 0.3) is 0 Å². The van der Waals surface area contributed by atoms with E-state index >= 15 is 0 Å². The topological polar surface area (TPSA) is 95.8 Å². The molecule has 1 heterocycles. The fraction of sp³-hybridized carbons (Fsp3) is 0.0400. The van der Waals surface area contributed by atoms with Gasteiger partial charge in [-0.25, -0.2) is 31.8 Å². The van der Waals surface area contributed by atoms with E-state index in [9.17, 15) is 26.3 Å². The molecular weight excluding hydrogens is 528 g/mol. The van der Waals surface area contributed by atoms with Crippen LogP contribution in [0.15, 0.2) is 64.8 Å². The number of nitrogens with zero attached hydrogens (tertiary/aromatic N) is 4. The summed E-state index contributed by atoms with van der Waals surface area (Å²) in [5.74, 6) is -7.19. The van der Waals surface area contributed by atoms with Gasteiger partial charge in [-0.2, -0.15) is 20.2 Å². The van der Waals surface area contributed by atoms with Gasteiger partial charge in [-0.05, 0) is 36.4 Å². The molecule has 0 unspecified atom stereocenters. The molecule has 0 radical (unpaired) electrons. The largest absolute Gasteiger partial charge is 0.495 e. The molecule has 200 valence electrons. The highest BCUT2D eigenvalue weighted by Crippen LogP contribution is 2.27. The molecule has 0 spiro atoms. The monoisotopic (exact) mass is 545 g/mol. The van der Waals surface area contributed by atoms with Gasteiger partial charge in [0, 0.05) is 6.07 Å². The molecule has 4 aromatic rings. The van der Waals surface area contributed by atoms with Crippen LogP contribution >= 0.6 is 0 Å². The van der Waals surface area contributed by atoms with Crippen LogP contribution in [0.3, 0.4) is 0 Å². The number of anilines is 4. The normalized spacial score (nSPS) is 11.3. The third kappa shape index (κ3) is 6.41. The SMILES string of the molecule is COc1ccccc1Nc1cc(NN=Cc2c(F)ccc(F)c2F)nc(NN=Cc2c(F)ccc(F)c2F)n1. The lowest BCUT2D eigenvalue weighted by atomic mass is 10.2. The highest BCUT2D eigenvalue weighted by molar-refractivity contribution is 5.81. The second-order valence-electron chi connectivity index (χ2n) is 7.54. The predicted molar refractivity (Wildman–Crippen MR) is 133 cm³/mol. The van der Waals surface area contributed by atoms with Gasteiger partial charge < -0.3 is 10.1 Å². The quantitative estimate of drug-likeness (QED) is 0.104. The van der Waals surface area contributed by atoms with E-state index in [1.54, 1.807) is 24.3 Å². The number of aromatic nitrogens is 2. The molecule has 0 atom stereocenters. The fourth-order valence-electron chi connectivity index (χ4n) is 3.14. The van der Waals surface area contributed by atoms with Crippen LogP contribution in [-0.4, -0.2) is 29.5 Å². The van der Waals surface area contributed by atoms with Crippen LogP contribution in [0.5, 0.6) is 5.75 Å². The zero-order valence-corrected chi connectivity index (χ0v) is 19.8. The molecule has 4 rings (SSSR count). The molecule has 0 aliphatic carbocycles. The summed E-state index contributed by atoms with van der Waals surface area (Å²) in [6.45, 7) is 0. The Hall–Kier alpha value is -5.14. The van der Waals surface area contributed by atoms with Crippen LogP contribution in [-0.2, 0) is 0 Å². The van der Waals surface area contributed by atoms with Crippen molar-refractivity contribution in [3.63, 3.8) is 0 Å². The number of methoxy groups -OCH3 is 1. The van der Waals surface area contributed by atoms with Crippen molar-refractivity contribution in [1.82, 2.24) is 9.97 Å². The van der Waals surface area contributed by atoms with Gasteiger partial charge in [0.15, 0.2) is 29.1 Å². The van der Waals surface area contributed by atoms with Crippen LogP contribution in [0.4, 0.5) is 49.6 Å². The zero-order chi connectivity index (χ0) is 27.9. The summed E-state index contributed by atoms with van der Waals surface area (Å²) in [5, 5.41) is 10.3. The van der Waals surface area contributed by atoms with Crippen molar-refractivity contribution in [3.05, 3.63) is 101 Å². The Morgan fingerprint density at radius 3 is 1.85 bits per heavy atom. The van der Waals surface area contributed by atoms with Gasteiger partial charge in [0.25, 0.3) is 0 Å². The van der Waals surface area contributed by atoms with E-state index in [0.717, 1.165) is 12.1 Å². The summed E-state index contributed by atoms with van der Waals surface area (Å²) in [6, 6.07) is 10.9. The number of benzene rings is 3. The fourth-order valence-corrected chi connectivity index (χ4v) is 3.14. The lowest BCUT2D eigenvalue weighted by Gasteiger charge is -2.12. The van der Waals surface area contributed by atoms with Crippen LogP contribution in [0.2, 0.25) is 0 Å². The first kappa shape index (κ1) is 26.9. The summed E-state index contributed by atoms with van der Waals surface area (Å²) in [6.07, 6.45) is 1.40. The zero-order valence-electron chi connectivity index (χ0n) is 19.8. The Bertz CT molecular complexity index is 1480. The maximum atomic E-state index is 13.9. The Labute approximate surface area is 217 Å². The average Bonchev–Trinajstić information content (AvgIpc) is 2.92. The Morgan fingerprint density at radius 2 is 1.23 bits per heavy atom. The molecule has 0 amide bonds. The highest BCUT2D eigenvalue weighted by Gasteiger charge is 2.13. The summed E-state index contributed by atoms with van der Waals surface area (Å²) >= 11 is 0. The molecular formula is C25H17F6N7O. The Morgan fingerprint density at radius 1 is 0.692 bits per heavy atom. The summed E-state index contributed by atoms with van der Waals surface area (Å²) in [4.78, 5) is 8.23. The first-order chi connectivity index (χ1) is 18.8. The van der Waals surface area contributed by atoms with Gasteiger partial charge in [-0.1, -0.05) is 12.1 Å². The molecule has 3 N–H and O–H groups in total. The number of rotatable bonds is 9. The van der Waals surface area contributed by atoms with E-state index in [1.807, 2.05) is 0 Å². The minimum absolute atomic E-state index is 0.0447. The third-order valence-electron chi connectivity index (χ3n) is 4.99. The predicted octanol–water partition coefficient (Wildman–Crippen LogP) is 5.96. The van der Waals surface area contributed by atoms with E-state index < -0.39 is 46.0 Å². The van der Waals surface area contributed by atoms with Crippen molar-refractivity contribution in [2.75, 3.05) is 23.3 Å². The summed E-state index contributed by atoms with van der Waals surface area (Å²) in [5.41, 5.74) is 3.80. The molecule has 0 saturated carbocycles. The Kier molecular flexibility index (Phi) is 8.24. The maximum absolute atomic E-state index is 13.9. The van der Waals surface area contributed by atoms with Crippen LogP contribution in [0.1, 0.15) is 11.1 Å². The number of hydrazone groups is 2. The Balaban J connectivity index is 1.63. The van der Waals surface area contributed by atoms with Crippen molar-refractivity contribution < 1.29 is 31.1 Å². The first-order valence-electron chi connectivity index (χ1n) is 10.9.